The molecule has 0 saturated carbocycles. The lowest BCUT2D eigenvalue weighted by Crippen LogP contribution is -2.48. The van der Waals surface area contributed by atoms with Gasteiger partial charge in [0.1, 0.15) is 0 Å². The van der Waals surface area contributed by atoms with E-state index in [0.29, 0.717) is 25.3 Å². The summed E-state index contributed by atoms with van der Waals surface area (Å²) < 4.78 is 0. The summed E-state index contributed by atoms with van der Waals surface area (Å²) in [6.07, 6.45) is 1.95. The highest BCUT2D eigenvalue weighted by Gasteiger charge is 2.37. The summed E-state index contributed by atoms with van der Waals surface area (Å²) in [5.41, 5.74) is -0.166. The minimum atomic E-state index is -0.166. The SMILES string of the molecule is CCC(CBr)CN1C(=O)CC(C)(C)CC1=O. The molecular formula is C12H20BrNO2. The van der Waals surface area contributed by atoms with Gasteiger partial charge < -0.3 is 0 Å². The van der Waals surface area contributed by atoms with E-state index in [4.69, 9.17) is 0 Å². The van der Waals surface area contributed by atoms with Crippen LogP contribution in [0.25, 0.3) is 0 Å². The molecule has 0 N–H and O–H groups in total. The molecule has 1 rings (SSSR count). The Kier molecular flexibility index (Phi) is 4.53. The first-order chi connectivity index (χ1) is 7.39. The van der Waals surface area contributed by atoms with Crippen LogP contribution in [0.1, 0.15) is 40.0 Å². The second-order valence-corrected chi connectivity index (χ2v) is 5.99. The summed E-state index contributed by atoms with van der Waals surface area (Å²) in [5.74, 6) is 0.343. The number of hydrogen-bond acceptors (Lipinski definition) is 2. The molecule has 1 aliphatic heterocycles. The van der Waals surface area contributed by atoms with Crippen molar-refractivity contribution in [2.75, 3.05) is 11.9 Å². The van der Waals surface area contributed by atoms with Crippen LogP contribution in [0, 0.1) is 11.3 Å². The van der Waals surface area contributed by atoms with Crippen LogP contribution in [0.15, 0.2) is 0 Å². The van der Waals surface area contributed by atoms with Crippen molar-refractivity contribution in [1.82, 2.24) is 4.90 Å². The summed E-state index contributed by atoms with van der Waals surface area (Å²) in [5, 5.41) is 0.837. The second kappa shape index (κ2) is 5.30. The first-order valence-corrected chi connectivity index (χ1v) is 6.91. The zero-order valence-electron chi connectivity index (χ0n) is 10.3. The van der Waals surface area contributed by atoms with E-state index in [-0.39, 0.29) is 17.2 Å². The minimum absolute atomic E-state index is 0.0133. The molecule has 0 aromatic carbocycles. The van der Waals surface area contributed by atoms with Crippen molar-refractivity contribution in [1.29, 1.82) is 0 Å². The molecule has 0 bridgehead atoms. The quantitative estimate of drug-likeness (QED) is 0.589. The maximum atomic E-state index is 11.9. The predicted octanol–water partition coefficient (Wildman–Crippen LogP) is 2.58. The van der Waals surface area contributed by atoms with Crippen molar-refractivity contribution in [2.45, 2.75) is 40.0 Å². The molecule has 0 aromatic rings. The molecule has 16 heavy (non-hydrogen) atoms. The molecule has 0 aliphatic carbocycles. The van der Waals surface area contributed by atoms with Crippen molar-refractivity contribution >= 4 is 27.7 Å². The number of piperidine rings is 1. The molecule has 0 aromatic heterocycles. The van der Waals surface area contributed by atoms with Crippen LogP contribution in [-0.4, -0.2) is 28.6 Å². The summed E-state index contributed by atoms with van der Waals surface area (Å²) in [7, 11) is 0. The molecule has 1 fully saturated rings. The van der Waals surface area contributed by atoms with Gasteiger partial charge in [-0.1, -0.05) is 43.1 Å². The molecule has 1 atom stereocenters. The van der Waals surface area contributed by atoms with E-state index in [9.17, 15) is 9.59 Å². The lowest BCUT2D eigenvalue weighted by atomic mass is 9.81. The second-order valence-electron chi connectivity index (χ2n) is 5.34. The van der Waals surface area contributed by atoms with E-state index in [2.05, 4.69) is 22.9 Å². The lowest BCUT2D eigenvalue weighted by Gasteiger charge is -2.36. The molecule has 1 unspecified atom stereocenters. The minimum Gasteiger partial charge on any atom is -0.282 e. The number of nitrogens with zero attached hydrogens (tertiary/aromatic N) is 1. The van der Waals surface area contributed by atoms with Crippen LogP contribution in [0.2, 0.25) is 0 Å². The molecule has 2 amide bonds. The predicted molar refractivity (Wildman–Crippen MR) is 67.3 cm³/mol. The van der Waals surface area contributed by atoms with Crippen LogP contribution in [0.4, 0.5) is 0 Å². The topological polar surface area (TPSA) is 37.4 Å². The fourth-order valence-electron chi connectivity index (χ4n) is 1.96. The summed E-state index contributed by atoms with van der Waals surface area (Å²) in [4.78, 5) is 25.2. The van der Waals surface area contributed by atoms with E-state index in [1.165, 1.54) is 4.90 Å². The van der Waals surface area contributed by atoms with E-state index in [1.807, 2.05) is 13.8 Å². The number of amides is 2. The molecule has 1 aliphatic rings. The van der Waals surface area contributed by atoms with E-state index < -0.39 is 0 Å². The lowest BCUT2D eigenvalue weighted by molar-refractivity contribution is -0.153. The van der Waals surface area contributed by atoms with Crippen molar-refractivity contribution < 1.29 is 9.59 Å². The number of carbonyl (C=O) groups is 2. The third-order valence-corrected chi connectivity index (χ3v) is 4.01. The Morgan fingerprint density at radius 2 is 1.81 bits per heavy atom. The highest BCUT2D eigenvalue weighted by atomic mass is 79.9. The third-order valence-electron chi connectivity index (χ3n) is 3.10. The van der Waals surface area contributed by atoms with Crippen LogP contribution in [0.3, 0.4) is 0 Å². The first-order valence-electron chi connectivity index (χ1n) is 5.79. The zero-order chi connectivity index (χ0) is 12.3. The number of hydrogen-bond donors (Lipinski definition) is 0. The Bertz CT molecular complexity index is 265. The Morgan fingerprint density at radius 3 is 2.19 bits per heavy atom. The van der Waals surface area contributed by atoms with Crippen molar-refractivity contribution in [3.8, 4) is 0 Å². The van der Waals surface area contributed by atoms with Gasteiger partial charge in [-0.25, -0.2) is 0 Å². The monoisotopic (exact) mass is 289 g/mol. The number of alkyl halides is 1. The van der Waals surface area contributed by atoms with Crippen LogP contribution >= 0.6 is 15.9 Å². The molecule has 4 heteroatoms. The Hall–Kier alpha value is -0.380. The normalized spacial score (nSPS) is 22.4. The van der Waals surface area contributed by atoms with Gasteiger partial charge in [-0.3, -0.25) is 14.5 Å². The number of likely N-dealkylation sites (tertiary alicyclic amines) is 1. The standard InChI is InChI=1S/C12H20BrNO2/c1-4-9(7-13)8-14-10(15)5-12(2,3)6-11(14)16/h9H,4-8H2,1-3H3. The van der Waals surface area contributed by atoms with E-state index in [1.54, 1.807) is 0 Å². The van der Waals surface area contributed by atoms with Gasteiger partial charge in [0.2, 0.25) is 11.8 Å². The molecule has 1 heterocycles. The molecule has 92 valence electrons. The largest absolute Gasteiger partial charge is 0.282 e. The number of halogens is 1. The highest BCUT2D eigenvalue weighted by molar-refractivity contribution is 9.09. The van der Waals surface area contributed by atoms with Gasteiger partial charge in [0.15, 0.2) is 0 Å². The smallest absolute Gasteiger partial charge is 0.229 e. The summed E-state index contributed by atoms with van der Waals surface area (Å²) >= 11 is 3.42. The van der Waals surface area contributed by atoms with Crippen LogP contribution in [-0.2, 0) is 9.59 Å². The van der Waals surface area contributed by atoms with Crippen LogP contribution < -0.4 is 0 Å². The summed E-state index contributed by atoms with van der Waals surface area (Å²) in [6.45, 7) is 6.59. The number of rotatable bonds is 4. The number of carbonyl (C=O) groups excluding carboxylic acids is 2. The Balaban J connectivity index is 2.68. The fraction of sp³-hybridized carbons (Fsp3) is 0.833. The molecule has 0 radical (unpaired) electrons. The van der Waals surface area contributed by atoms with Crippen molar-refractivity contribution in [2.24, 2.45) is 11.3 Å². The van der Waals surface area contributed by atoms with E-state index >= 15 is 0 Å². The fourth-order valence-corrected chi connectivity index (χ4v) is 2.62. The first kappa shape index (κ1) is 13.7. The van der Waals surface area contributed by atoms with Gasteiger partial charge in [0.25, 0.3) is 0 Å². The molecule has 3 nitrogen and oxygen atoms in total. The van der Waals surface area contributed by atoms with Crippen LogP contribution in [0.5, 0.6) is 0 Å². The third kappa shape index (κ3) is 3.30. The maximum absolute atomic E-state index is 11.9. The van der Waals surface area contributed by atoms with E-state index in [0.717, 1.165) is 11.8 Å². The maximum Gasteiger partial charge on any atom is 0.229 e. The summed E-state index contributed by atoms with van der Waals surface area (Å²) in [6, 6.07) is 0. The number of imide groups is 1. The van der Waals surface area contributed by atoms with Gasteiger partial charge in [-0.05, 0) is 11.3 Å². The zero-order valence-corrected chi connectivity index (χ0v) is 11.8. The van der Waals surface area contributed by atoms with Crippen molar-refractivity contribution in [3.05, 3.63) is 0 Å². The molecule has 1 saturated heterocycles. The van der Waals surface area contributed by atoms with Gasteiger partial charge in [-0.2, -0.15) is 0 Å². The Labute approximate surface area is 106 Å². The Morgan fingerprint density at radius 1 is 1.31 bits per heavy atom. The van der Waals surface area contributed by atoms with Gasteiger partial charge in [0.05, 0.1) is 0 Å². The van der Waals surface area contributed by atoms with Crippen molar-refractivity contribution in [3.63, 3.8) is 0 Å². The molecule has 0 spiro atoms. The van der Waals surface area contributed by atoms with Gasteiger partial charge in [-0.15, -0.1) is 0 Å². The average Bonchev–Trinajstić information content (AvgIpc) is 2.15. The highest BCUT2D eigenvalue weighted by Crippen LogP contribution is 2.32. The van der Waals surface area contributed by atoms with Gasteiger partial charge >= 0.3 is 0 Å². The molecular weight excluding hydrogens is 270 g/mol. The average molecular weight is 290 g/mol. The van der Waals surface area contributed by atoms with Gasteiger partial charge in [0, 0.05) is 24.7 Å².